The molecule has 1 aliphatic carbocycles. The van der Waals surface area contributed by atoms with Crippen molar-refractivity contribution in [3.63, 3.8) is 0 Å². The van der Waals surface area contributed by atoms with Gasteiger partial charge < -0.3 is 19.7 Å². The standard InChI is InChI=1S/C26H39N3O5/c1-7-25(3,4)19-11-13-26(14-12-19)23(31)29(24(32)27-26)17-22(30)28(8-2)16-18-9-10-20(33-5)21(15-18)34-6/h9-10,15,19H,7-8,11-14,16-17H2,1-6H3,(H,27,32). The lowest BCUT2D eigenvalue weighted by Gasteiger charge is -2.42. The number of hydrogen-bond acceptors (Lipinski definition) is 5. The number of likely N-dealkylation sites (N-methyl/N-ethyl adjacent to an activating group) is 1. The normalized spacial score (nSPS) is 22.6. The predicted molar refractivity (Wildman–Crippen MR) is 130 cm³/mol. The highest BCUT2D eigenvalue weighted by molar-refractivity contribution is 6.09. The van der Waals surface area contributed by atoms with Crippen molar-refractivity contribution in [2.24, 2.45) is 11.3 Å². The molecule has 188 valence electrons. The van der Waals surface area contributed by atoms with Crippen molar-refractivity contribution in [2.45, 2.75) is 71.9 Å². The van der Waals surface area contributed by atoms with Gasteiger partial charge in [0.05, 0.1) is 14.2 Å². The maximum Gasteiger partial charge on any atom is 0.325 e. The van der Waals surface area contributed by atoms with Crippen molar-refractivity contribution in [1.82, 2.24) is 15.1 Å². The lowest BCUT2D eigenvalue weighted by atomic mass is 9.65. The van der Waals surface area contributed by atoms with Gasteiger partial charge in [-0.05, 0) is 61.6 Å². The molecule has 1 aromatic rings. The number of carbonyl (C=O) groups is 3. The van der Waals surface area contributed by atoms with E-state index in [1.807, 2.05) is 19.1 Å². The van der Waals surface area contributed by atoms with Gasteiger partial charge >= 0.3 is 6.03 Å². The number of methoxy groups -OCH3 is 2. The third kappa shape index (κ3) is 5.00. The van der Waals surface area contributed by atoms with Gasteiger partial charge in [-0.2, -0.15) is 0 Å². The van der Waals surface area contributed by atoms with Crippen LogP contribution in [0.5, 0.6) is 11.5 Å². The van der Waals surface area contributed by atoms with Gasteiger partial charge in [0.15, 0.2) is 11.5 Å². The molecule has 1 aliphatic heterocycles. The van der Waals surface area contributed by atoms with Crippen LogP contribution in [0.3, 0.4) is 0 Å². The molecule has 0 bridgehead atoms. The lowest BCUT2D eigenvalue weighted by molar-refractivity contribution is -0.140. The Morgan fingerprint density at radius 3 is 2.35 bits per heavy atom. The van der Waals surface area contributed by atoms with Crippen LogP contribution in [0.4, 0.5) is 4.79 Å². The number of hydrogen-bond donors (Lipinski definition) is 1. The minimum atomic E-state index is -0.863. The summed E-state index contributed by atoms with van der Waals surface area (Å²) < 4.78 is 10.6. The maximum atomic E-state index is 13.3. The first kappa shape index (κ1) is 25.8. The van der Waals surface area contributed by atoms with Crippen LogP contribution < -0.4 is 14.8 Å². The average Bonchev–Trinajstić information content (AvgIpc) is 3.06. The summed E-state index contributed by atoms with van der Waals surface area (Å²) in [4.78, 5) is 41.9. The van der Waals surface area contributed by atoms with E-state index in [4.69, 9.17) is 9.47 Å². The van der Waals surface area contributed by atoms with Gasteiger partial charge in [-0.1, -0.05) is 33.3 Å². The number of nitrogens with zero attached hydrogens (tertiary/aromatic N) is 2. The van der Waals surface area contributed by atoms with Crippen molar-refractivity contribution in [2.75, 3.05) is 27.3 Å². The fraction of sp³-hybridized carbons (Fsp3) is 0.654. The van der Waals surface area contributed by atoms with Crippen molar-refractivity contribution in [3.05, 3.63) is 23.8 Å². The van der Waals surface area contributed by atoms with Crippen LogP contribution in [0.25, 0.3) is 0 Å². The van der Waals surface area contributed by atoms with Crippen LogP contribution in [-0.4, -0.2) is 60.5 Å². The Bertz CT molecular complexity index is 921. The van der Waals surface area contributed by atoms with Crippen molar-refractivity contribution < 1.29 is 23.9 Å². The second kappa shape index (κ2) is 10.2. The number of carbonyl (C=O) groups excluding carboxylic acids is 3. The van der Waals surface area contributed by atoms with E-state index in [-0.39, 0.29) is 23.8 Å². The SMILES string of the molecule is CCN(Cc1ccc(OC)c(OC)c1)C(=O)CN1C(=O)NC2(CCC(C(C)(C)CC)CC2)C1=O. The minimum absolute atomic E-state index is 0.217. The molecule has 0 unspecified atom stereocenters. The Morgan fingerprint density at radius 1 is 1.15 bits per heavy atom. The van der Waals surface area contributed by atoms with E-state index >= 15 is 0 Å². The molecule has 1 saturated heterocycles. The molecule has 1 N–H and O–H groups in total. The molecule has 1 aromatic carbocycles. The number of urea groups is 1. The fourth-order valence-electron chi connectivity index (χ4n) is 5.15. The van der Waals surface area contributed by atoms with E-state index in [2.05, 4.69) is 26.1 Å². The van der Waals surface area contributed by atoms with E-state index in [1.54, 1.807) is 25.2 Å². The third-order valence-corrected chi connectivity index (χ3v) is 7.95. The quantitative estimate of drug-likeness (QED) is 0.549. The number of ether oxygens (including phenoxy) is 2. The highest BCUT2D eigenvalue weighted by atomic mass is 16.5. The summed E-state index contributed by atoms with van der Waals surface area (Å²) in [7, 11) is 3.13. The van der Waals surface area contributed by atoms with E-state index in [0.717, 1.165) is 29.7 Å². The number of rotatable bonds is 9. The Labute approximate surface area is 202 Å². The summed E-state index contributed by atoms with van der Waals surface area (Å²) >= 11 is 0. The number of imide groups is 1. The zero-order chi connectivity index (χ0) is 25.1. The molecule has 4 amide bonds. The van der Waals surface area contributed by atoms with Crippen molar-refractivity contribution in [3.8, 4) is 11.5 Å². The molecule has 1 saturated carbocycles. The molecule has 3 rings (SSSR count). The van der Waals surface area contributed by atoms with Crippen LogP contribution in [0.15, 0.2) is 18.2 Å². The maximum absolute atomic E-state index is 13.3. The molecule has 2 fully saturated rings. The van der Waals surface area contributed by atoms with Gasteiger partial charge in [0.25, 0.3) is 5.91 Å². The Morgan fingerprint density at radius 2 is 1.79 bits per heavy atom. The topological polar surface area (TPSA) is 88.2 Å². The van der Waals surface area contributed by atoms with E-state index in [9.17, 15) is 14.4 Å². The first-order chi connectivity index (χ1) is 16.1. The second-order valence-electron chi connectivity index (χ2n) is 10.1. The van der Waals surface area contributed by atoms with Crippen LogP contribution in [0, 0.1) is 11.3 Å². The van der Waals surface area contributed by atoms with E-state index in [0.29, 0.717) is 43.3 Å². The first-order valence-electron chi connectivity index (χ1n) is 12.2. The Balaban J connectivity index is 1.66. The van der Waals surface area contributed by atoms with Crippen LogP contribution >= 0.6 is 0 Å². The highest BCUT2D eigenvalue weighted by Gasteiger charge is 2.53. The summed E-state index contributed by atoms with van der Waals surface area (Å²) in [6.07, 6.45) is 4.13. The molecule has 0 aromatic heterocycles. The predicted octanol–water partition coefficient (Wildman–Crippen LogP) is 3.97. The summed E-state index contributed by atoms with van der Waals surface area (Å²) in [5, 5.41) is 2.94. The molecule has 8 nitrogen and oxygen atoms in total. The molecule has 34 heavy (non-hydrogen) atoms. The number of nitrogens with one attached hydrogen (secondary N) is 1. The minimum Gasteiger partial charge on any atom is -0.493 e. The molecule has 0 atom stereocenters. The zero-order valence-electron chi connectivity index (χ0n) is 21.4. The van der Waals surface area contributed by atoms with Crippen LogP contribution in [0.2, 0.25) is 0 Å². The van der Waals surface area contributed by atoms with E-state index < -0.39 is 11.6 Å². The summed E-state index contributed by atoms with van der Waals surface area (Å²) in [5.74, 6) is 1.20. The Kier molecular flexibility index (Phi) is 7.78. The molecular formula is C26H39N3O5. The molecule has 1 heterocycles. The van der Waals surface area contributed by atoms with Crippen LogP contribution in [-0.2, 0) is 16.1 Å². The van der Waals surface area contributed by atoms with Gasteiger partial charge in [-0.25, -0.2) is 4.79 Å². The summed E-state index contributed by atoms with van der Waals surface area (Å²) in [6.45, 7) is 9.16. The first-order valence-corrected chi connectivity index (χ1v) is 12.2. The summed E-state index contributed by atoms with van der Waals surface area (Å²) in [5.41, 5.74) is 0.227. The van der Waals surface area contributed by atoms with E-state index in [1.165, 1.54) is 0 Å². The molecule has 0 radical (unpaired) electrons. The monoisotopic (exact) mass is 473 g/mol. The second-order valence-corrected chi connectivity index (χ2v) is 10.1. The van der Waals surface area contributed by atoms with Crippen molar-refractivity contribution >= 4 is 17.8 Å². The van der Waals surface area contributed by atoms with Gasteiger partial charge in [-0.3, -0.25) is 14.5 Å². The lowest BCUT2D eigenvalue weighted by Crippen LogP contribution is -2.51. The largest absolute Gasteiger partial charge is 0.493 e. The molecule has 1 spiro atoms. The molecule has 8 heteroatoms. The number of amides is 4. The van der Waals surface area contributed by atoms with Crippen LogP contribution in [0.1, 0.15) is 65.4 Å². The zero-order valence-corrected chi connectivity index (χ0v) is 21.4. The molecular weight excluding hydrogens is 434 g/mol. The third-order valence-electron chi connectivity index (χ3n) is 7.95. The fourth-order valence-corrected chi connectivity index (χ4v) is 5.15. The average molecular weight is 474 g/mol. The summed E-state index contributed by atoms with van der Waals surface area (Å²) in [6, 6.07) is 5.03. The van der Waals surface area contributed by atoms with Gasteiger partial charge in [-0.15, -0.1) is 0 Å². The van der Waals surface area contributed by atoms with Gasteiger partial charge in [0.2, 0.25) is 5.91 Å². The van der Waals surface area contributed by atoms with Gasteiger partial charge in [0.1, 0.15) is 12.1 Å². The number of benzene rings is 1. The Hall–Kier alpha value is -2.77. The van der Waals surface area contributed by atoms with Crippen molar-refractivity contribution in [1.29, 1.82) is 0 Å². The van der Waals surface area contributed by atoms with Gasteiger partial charge in [0, 0.05) is 13.1 Å². The smallest absolute Gasteiger partial charge is 0.325 e. The molecule has 2 aliphatic rings. The highest BCUT2D eigenvalue weighted by Crippen LogP contribution is 2.45.